The Labute approximate surface area is 127 Å². The standard InChI is InChI=1S/C15H29N3O3/c1-7-16-14(17-10-15(3,4)21-6)18-8-11(2)12(9-18)13(19)20-5/h11-12H,7-10H2,1-6H3,(H,16,17). The van der Waals surface area contributed by atoms with E-state index in [0.717, 1.165) is 19.0 Å². The number of hydrogen-bond acceptors (Lipinski definition) is 4. The topological polar surface area (TPSA) is 63.2 Å². The highest BCUT2D eigenvalue weighted by Gasteiger charge is 2.37. The van der Waals surface area contributed by atoms with E-state index in [0.29, 0.717) is 13.1 Å². The third-order valence-corrected chi connectivity index (χ3v) is 3.91. The number of hydrogen-bond donors (Lipinski definition) is 1. The van der Waals surface area contributed by atoms with Crippen LogP contribution in [0.1, 0.15) is 27.7 Å². The summed E-state index contributed by atoms with van der Waals surface area (Å²) in [4.78, 5) is 18.6. The van der Waals surface area contributed by atoms with Gasteiger partial charge in [-0.2, -0.15) is 0 Å². The molecule has 1 N–H and O–H groups in total. The summed E-state index contributed by atoms with van der Waals surface area (Å²) in [5, 5.41) is 3.29. The van der Waals surface area contributed by atoms with Crippen LogP contribution in [0, 0.1) is 11.8 Å². The quantitative estimate of drug-likeness (QED) is 0.468. The van der Waals surface area contributed by atoms with Crippen LogP contribution in [0.3, 0.4) is 0 Å². The van der Waals surface area contributed by atoms with Crippen molar-refractivity contribution in [3.05, 3.63) is 0 Å². The Bertz CT molecular complexity index is 382. The monoisotopic (exact) mass is 299 g/mol. The van der Waals surface area contributed by atoms with E-state index in [9.17, 15) is 4.79 Å². The lowest BCUT2D eigenvalue weighted by molar-refractivity contribution is -0.145. The predicted molar refractivity (Wildman–Crippen MR) is 83.3 cm³/mol. The van der Waals surface area contributed by atoms with Crippen molar-refractivity contribution < 1.29 is 14.3 Å². The molecule has 1 aliphatic heterocycles. The number of rotatable bonds is 5. The Kier molecular flexibility index (Phi) is 6.45. The zero-order chi connectivity index (χ0) is 16.0. The molecule has 0 radical (unpaired) electrons. The fourth-order valence-corrected chi connectivity index (χ4v) is 2.35. The number of carbonyl (C=O) groups is 1. The van der Waals surface area contributed by atoms with E-state index >= 15 is 0 Å². The molecule has 1 heterocycles. The maximum Gasteiger partial charge on any atom is 0.310 e. The maximum absolute atomic E-state index is 11.8. The van der Waals surface area contributed by atoms with Crippen molar-refractivity contribution >= 4 is 11.9 Å². The summed E-state index contributed by atoms with van der Waals surface area (Å²) in [6.45, 7) is 10.9. The first-order chi connectivity index (χ1) is 9.84. The molecule has 0 aromatic rings. The smallest absolute Gasteiger partial charge is 0.310 e. The molecule has 2 unspecified atom stereocenters. The van der Waals surface area contributed by atoms with Crippen molar-refractivity contribution in [2.45, 2.75) is 33.3 Å². The normalized spacial score (nSPS) is 23.3. The zero-order valence-corrected chi connectivity index (χ0v) is 14.1. The number of esters is 1. The van der Waals surface area contributed by atoms with E-state index in [1.54, 1.807) is 7.11 Å². The van der Waals surface area contributed by atoms with Gasteiger partial charge in [0.25, 0.3) is 0 Å². The van der Waals surface area contributed by atoms with Crippen LogP contribution in [-0.2, 0) is 14.3 Å². The summed E-state index contributed by atoms with van der Waals surface area (Å²) in [6, 6.07) is 0. The molecule has 0 saturated carbocycles. The number of likely N-dealkylation sites (tertiary alicyclic amines) is 1. The third kappa shape index (κ3) is 4.88. The largest absolute Gasteiger partial charge is 0.469 e. The Morgan fingerprint density at radius 2 is 2.05 bits per heavy atom. The lowest BCUT2D eigenvalue weighted by Gasteiger charge is -2.25. The van der Waals surface area contributed by atoms with Crippen molar-refractivity contribution in [3.8, 4) is 0 Å². The van der Waals surface area contributed by atoms with Crippen molar-refractivity contribution in [2.24, 2.45) is 16.8 Å². The van der Waals surface area contributed by atoms with E-state index in [2.05, 4.69) is 22.1 Å². The highest BCUT2D eigenvalue weighted by molar-refractivity contribution is 5.82. The Balaban J connectivity index is 2.78. The van der Waals surface area contributed by atoms with Gasteiger partial charge < -0.3 is 19.7 Å². The van der Waals surface area contributed by atoms with Gasteiger partial charge in [0.1, 0.15) is 0 Å². The maximum atomic E-state index is 11.8. The Morgan fingerprint density at radius 1 is 1.38 bits per heavy atom. The second-order valence-electron chi connectivity index (χ2n) is 6.15. The summed E-state index contributed by atoms with van der Waals surface area (Å²) in [5.41, 5.74) is -0.298. The van der Waals surface area contributed by atoms with Gasteiger partial charge in [-0.1, -0.05) is 6.92 Å². The molecule has 1 saturated heterocycles. The molecular formula is C15H29N3O3. The SMILES string of the molecule is CCNC(=NCC(C)(C)OC)N1CC(C)C(C(=O)OC)C1. The number of nitrogens with one attached hydrogen (secondary N) is 1. The first-order valence-corrected chi connectivity index (χ1v) is 7.50. The molecule has 122 valence electrons. The second-order valence-corrected chi connectivity index (χ2v) is 6.15. The van der Waals surface area contributed by atoms with Crippen LogP contribution >= 0.6 is 0 Å². The van der Waals surface area contributed by atoms with Gasteiger partial charge in [0.15, 0.2) is 5.96 Å². The molecule has 0 spiro atoms. The summed E-state index contributed by atoms with van der Waals surface area (Å²) in [6.07, 6.45) is 0. The Morgan fingerprint density at radius 3 is 2.57 bits per heavy atom. The fraction of sp³-hybridized carbons (Fsp3) is 0.867. The summed E-state index contributed by atoms with van der Waals surface area (Å²) >= 11 is 0. The lowest BCUT2D eigenvalue weighted by Crippen LogP contribution is -2.42. The molecule has 6 nitrogen and oxygen atoms in total. The summed E-state index contributed by atoms with van der Waals surface area (Å²) in [5.74, 6) is 0.866. The molecule has 1 fully saturated rings. The minimum absolute atomic E-state index is 0.0886. The molecule has 0 amide bonds. The third-order valence-electron chi connectivity index (χ3n) is 3.91. The average molecular weight is 299 g/mol. The zero-order valence-electron chi connectivity index (χ0n) is 14.1. The number of carbonyl (C=O) groups excluding carboxylic acids is 1. The Hall–Kier alpha value is -1.30. The van der Waals surface area contributed by atoms with Crippen LogP contribution < -0.4 is 5.32 Å². The van der Waals surface area contributed by atoms with Crippen molar-refractivity contribution in [3.63, 3.8) is 0 Å². The number of methoxy groups -OCH3 is 2. The van der Waals surface area contributed by atoms with Crippen LogP contribution in [0.15, 0.2) is 4.99 Å². The highest BCUT2D eigenvalue weighted by atomic mass is 16.5. The molecule has 1 aliphatic rings. The van der Waals surface area contributed by atoms with Crippen LogP contribution in [0.25, 0.3) is 0 Å². The molecule has 0 aromatic heterocycles. The van der Waals surface area contributed by atoms with Gasteiger partial charge in [-0.05, 0) is 26.7 Å². The van der Waals surface area contributed by atoms with Crippen LogP contribution in [0.5, 0.6) is 0 Å². The lowest BCUT2D eigenvalue weighted by atomic mass is 9.99. The van der Waals surface area contributed by atoms with E-state index < -0.39 is 0 Å². The molecule has 2 atom stereocenters. The summed E-state index contributed by atoms with van der Waals surface area (Å²) < 4.78 is 10.3. The van der Waals surface area contributed by atoms with Gasteiger partial charge in [0.05, 0.1) is 25.2 Å². The average Bonchev–Trinajstić information content (AvgIpc) is 2.84. The minimum Gasteiger partial charge on any atom is -0.469 e. The van der Waals surface area contributed by atoms with Gasteiger partial charge >= 0.3 is 5.97 Å². The van der Waals surface area contributed by atoms with E-state index in [1.165, 1.54) is 7.11 Å². The van der Waals surface area contributed by atoms with Gasteiger partial charge in [-0.25, -0.2) is 0 Å². The van der Waals surface area contributed by atoms with Crippen molar-refractivity contribution in [1.82, 2.24) is 10.2 Å². The molecule has 6 heteroatoms. The second kappa shape index (κ2) is 7.64. The van der Waals surface area contributed by atoms with Crippen molar-refractivity contribution in [2.75, 3.05) is 40.4 Å². The number of aliphatic imine (C=N–C) groups is 1. The van der Waals surface area contributed by atoms with Crippen LogP contribution in [-0.4, -0.2) is 62.8 Å². The number of ether oxygens (including phenoxy) is 2. The molecule has 0 aromatic carbocycles. The molecular weight excluding hydrogens is 270 g/mol. The van der Waals surface area contributed by atoms with Crippen LogP contribution in [0.2, 0.25) is 0 Å². The summed E-state index contributed by atoms with van der Waals surface area (Å²) in [7, 11) is 3.13. The van der Waals surface area contributed by atoms with Gasteiger partial charge in [-0.15, -0.1) is 0 Å². The number of guanidine groups is 1. The molecule has 1 rings (SSSR count). The van der Waals surface area contributed by atoms with E-state index in [-0.39, 0.29) is 23.4 Å². The van der Waals surface area contributed by atoms with Gasteiger partial charge in [0.2, 0.25) is 0 Å². The predicted octanol–water partition coefficient (Wildman–Crippen LogP) is 1.12. The molecule has 0 aliphatic carbocycles. The number of nitrogens with zero attached hydrogens (tertiary/aromatic N) is 2. The van der Waals surface area contributed by atoms with Gasteiger partial charge in [0, 0.05) is 26.7 Å². The first-order valence-electron chi connectivity index (χ1n) is 7.50. The molecule has 0 bridgehead atoms. The fourth-order valence-electron chi connectivity index (χ4n) is 2.35. The molecule has 21 heavy (non-hydrogen) atoms. The van der Waals surface area contributed by atoms with Gasteiger partial charge in [-0.3, -0.25) is 9.79 Å². The minimum atomic E-state index is -0.298. The highest BCUT2D eigenvalue weighted by Crippen LogP contribution is 2.24. The first kappa shape index (κ1) is 17.8. The van der Waals surface area contributed by atoms with Crippen molar-refractivity contribution in [1.29, 1.82) is 0 Å². The van der Waals surface area contributed by atoms with E-state index in [4.69, 9.17) is 9.47 Å². The van der Waals surface area contributed by atoms with Crippen LogP contribution in [0.4, 0.5) is 0 Å². The van der Waals surface area contributed by atoms with E-state index in [1.807, 2.05) is 20.8 Å².